The predicted octanol–water partition coefficient (Wildman–Crippen LogP) is 4.67. The van der Waals surface area contributed by atoms with Gasteiger partial charge in [-0.05, 0) is 62.3 Å². The average Bonchev–Trinajstić information content (AvgIpc) is 3.25. The molecule has 0 aliphatic carbocycles. The molecule has 2 fully saturated rings. The number of fused-ring (bicyclic) bond motifs is 1. The van der Waals surface area contributed by atoms with Crippen LogP contribution in [0.25, 0.3) is 22.4 Å². The third-order valence-corrected chi connectivity index (χ3v) is 7.32. The van der Waals surface area contributed by atoms with E-state index < -0.39 is 0 Å². The molecule has 0 unspecified atom stereocenters. The second-order valence-electron chi connectivity index (χ2n) is 9.28. The van der Waals surface area contributed by atoms with Crippen molar-refractivity contribution in [2.24, 2.45) is 5.41 Å². The zero-order valence-electron chi connectivity index (χ0n) is 18.8. The van der Waals surface area contributed by atoms with E-state index in [2.05, 4.69) is 0 Å². The zero-order valence-corrected chi connectivity index (χ0v) is 18.8. The maximum atomic E-state index is 13.6. The molecule has 6 heteroatoms. The Hall–Kier alpha value is -3.15. The highest BCUT2D eigenvalue weighted by Gasteiger charge is 2.39. The van der Waals surface area contributed by atoms with E-state index in [1.165, 1.54) is 0 Å². The lowest BCUT2D eigenvalue weighted by molar-refractivity contribution is -0.131. The van der Waals surface area contributed by atoms with E-state index in [1.54, 1.807) is 6.92 Å². The second kappa shape index (κ2) is 8.08. The SMILES string of the molecule is CC(=O)N1CCC2(CC1)CCN(C(=O)c1cc(-c3ccc(C)o3)nc3ccccc13)CC2. The number of furan rings is 1. The number of carbonyl (C=O) groups excluding carboxylic acids is 2. The van der Waals surface area contributed by atoms with Gasteiger partial charge in [-0.25, -0.2) is 4.98 Å². The first kappa shape index (κ1) is 20.7. The Morgan fingerprint density at radius 1 is 0.938 bits per heavy atom. The number of hydrogen-bond donors (Lipinski definition) is 0. The summed E-state index contributed by atoms with van der Waals surface area (Å²) in [7, 11) is 0. The van der Waals surface area contributed by atoms with E-state index in [-0.39, 0.29) is 17.2 Å². The molecule has 0 atom stereocenters. The van der Waals surface area contributed by atoms with E-state index in [0.717, 1.165) is 68.5 Å². The van der Waals surface area contributed by atoms with Crippen molar-refractivity contribution in [1.29, 1.82) is 0 Å². The fraction of sp³-hybridized carbons (Fsp3) is 0.423. The van der Waals surface area contributed by atoms with Gasteiger partial charge in [0.25, 0.3) is 5.91 Å². The number of rotatable bonds is 2. The second-order valence-corrected chi connectivity index (χ2v) is 9.28. The summed E-state index contributed by atoms with van der Waals surface area (Å²) in [5, 5.41) is 0.875. The maximum absolute atomic E-state index is 13.6. The van der Waals surface area contributed by atoms with Crippen molar-refractivity contribution >= 4 is 22.7 Å². The number of amides is 2. The summed E-state index contributed by atoms with van der Waals surface area (Å²) >= 11 is 0. The molecular formula is C26H29N3O3. The summed E-state index contributed by atoms with van der Waals surface area (Å²) in [6, 6.07) is 13.5. The van der Waals surface area contributed by atoms with Crippen LogP contribution >= 0.6 is 0 Å². The molecule has 2 aliphatic heterocycles. The minimum Gasteiger partial charge on any atom is -0.460 e. The number of carbonyl (C=O) groups is 2. The number of benzene rings is 1. The van der Waals surface area contributed by atoms with E-state index in [9.17, 15) is 9.59 Å². The minimum atomic E-state index is 0.0594. The van der Waals surface area contributed by atoms with Gasteiger partial charge in [-0.3, -0.25) is 9.59 Å². The molecule has 3 aromatic rings. The Balaban J connectivity index is 1.38. The fourth-order valence-corrected chi connectivity index (χ4v) is 5.20. The summed E-state index contributed by atoms with van der Waals surface area (Å²) in [6.45, 7) is 6.74. The summed E-state index contributed by atoms with van der Waals surface area (Å²) in [6.07, 6.45) is 4.07. The van der Waals surface area contributed by atoms with E-state index >= 15 is 0 Å². The molecule has 32 heavy (non-hydrogen) atoms. The van der Waals surface area contributed by atoms with Crippen LogP contribution in [-0.2, 0) is 4.79 Å². The predicted molar refractivity (Wildman–Crippen MR) is 123 cm³/mol. The maximum Gasteiger partial charge on any atom is 0.254 e. The molecule has 1 spiro atoms. The van der Waals surface area contributed by atoms with Gasteiger partial charge in [0.05, 0.1) is 11.1 Å². The normalized spacial score (nSPS) is 18.3. The highest BCUT2D eigenvalue weighted by atomic mass is 16.3. The van der Waals surface area contributed by atoms with Gasteiger partial charge in [0, 0.05) is 38.5 Å². The molecule has 2 saturated heterocycles. The molecule has 1 aromatic carbocycles. The van der Waals surface area contributed by atoms with Crippen molar-refractivity contribution in [1.82, 2.24) is 14.8 Å². The largest absolute Gasteiger partial charge is 0.460 e. The van der Waals surface area contributed by atoms with Gasteiger partial charge >= 0.3 is 0 Å². The van der Waals surface area contributed by atoms with Crippen molar-refractivity contribution < 1.29 is 14.0 Å². The van der Waals surface area contributed by atoms with Gasteiger partial charge in [0.2, 0.25) is 5.91 Å². The van der Waals surface area contributed by atoms with Crippen LogP contribution in [0.1, 0.15) is 48.7 Å². The molecule has 5 rings (SSSR count). The molecule has 0 bridgehead atoms. The first-order valence-electron chi connectivity index (χ1n) is 11.5. The molecule has 6 nitrogen and oxygen atoms in total. The number of likely N-dealkylation sites (tertiary alicyclic amines) is 2. The zero-order chi connectivity index (χ0) is 22.3. The van der Waals surface area contributed by atoms with Crippen molar-refractivity contribution in [3.63, 3.8) is 0 Å². The monoisotopic (exact) mass is 431 g/mol. The van der Waals surface area contributed by atoms with Crippen LogP contribution in [0.2, 0.25) is 0 Å². The Bertz CT molecular complexity index is 1160. The highest BCUT2D eigenvalue weighted by molar-refractivity contribution is 6.07. The molecule has 166 valence electrons. The Kier molecular flexibility index (Phi) is 5.24. The lowest BCUT2D eigenvalue weighted by Gasteiger charge is -2.46. The number of pyridine rings is 1. The van der Waals surface area contributed by atoms with E-state index in [1.807, 2.05) is 59.2 Å². The first-order chi connectivity index (χ1) is 15.4. The van der Waals surface area contributed by atoms with Gasteiger partial charge < -0.3 is 14.2 Å². The van der Waals surface area contributed by atoms with Gasteiger partial charge in [-0.2, -0.15) is 0 Å². The molecule has 2 aromatic heterocycles. The summed E-state index contributed by atoms with van der Waals surface area (Å²) in [5.74, 6) is 1.72. The highest BCUT2D eigenvalue weighted by Crippen LogP contribution is 2.41. The van der Waals surface area contributed by atoms with Crippen LogP contribution < -0.4 is 0 Å². The summed E-state index contributed by atoms with van der Waals surface area (Å²) in [5.41, 5.74) is 2.43. The molecule has 4 heterocycles. The smallest absolute Gasteiger partial charge is 0.254 e. The van der Waals surface area contributed by atoms with Crippen LogP contribution in [0.3, 0.4) is 0 Å². The third-order valence-electron chi connectivity index (χ3n) is 7.32. The molecule has 2 aliphatic rings. The Morgan fingerprint density at radius 2 is 1.59 bits per heavy atom. The average molecular weight is 432 g/mol. The Morgan fingerprint density at radius 3 is 2.22 bits per heavy atom. The topological polar surface area (TPSA) is 66.7 Å². The van der Waals surface area contributed by atoms with Crippen LogP contribution in [0.4, 0.5) is 0 Å². The van der Waals surface area contributed by atoms with Crippen molar-refractivity contribution in [3.8, 4) is 11.5 Å². The van der Waals surface area contributed by atoms with Crippen molar-refractivity contribution in [2.75, 3.05) is 26.2 Å². The molecule has 2 amide bonds. The number of hydrogen-bond acceptors (Lipinski definition) is 4. The number of piperidine rings is 2. The Labute approximate surface area is 188 Å². The van der Waals surface area contributed by atoms with Gasteiger partial charge in [-0.1, -0.05) is 18.2 Å². The molecule has 0 saturated carbocycles. The number of para-hydroxylation sites is 1. The van der Waals surface area contributed by atoms with Crippen LogP contribution in [0.5, 0.6) is 0 Å². The van der Waals surface area contributed by atoms with Crippen molar-refractivity contribution in [2.45, 2.75) is 39.5 Å². The summed E-state index contributed by atoms with van der Waals surface area (Å²) in [4.78, 5) is 34.0. The lowest BCUT2D eigenvalue weighted by Crippen LogP contribution is -2.49. The van der Waals surface area contributed by atoms with Crippen LogP contribution in [0.15, 0.2) is 46.9 Å². The third kappa shape index (κ3) is 3.78. The van der Waals surface area contributed by atoms with Crippen LogP contribution in [-0.4, -0.2) is 52.8 Å². The molecular weight excluding hydrogens is 402 g/mol. The van der Waals surface area contributed by atoms with Gasteiger partial charge in [-0.15, -0.1) is 0 Å². The number of aryl methyl sites for hydroxylation is 1. The van der Waals surface area contributed by atoms with Gasteiger partial charge in [0.15, 0.2) is 5.76 Å². The first-order valence-corrected chi connectivity index (χ1v) is 11.5. The van der Waals surface area contributed by atoms with E-state index in [4.69, 9.17) is 9.40 Å². The number of nitrogens with zero attached hydrogens (tertiary/aromatic N) is 3. The fourth-order valence-electron chi connectivity index (χ4n) is 5.20. The molecule has 0 N–H and O–H groups in total. The standard InChI is InChI=1S/C26H29N3O3/c1-18-7-8-24(32-18)23-17-21(20-5-3-4-6-22(20)27-23)25(31)29-15-11-26(12-16-29)9-13-28(14-10-26)19(2)30/h3-8,17H,9-16H2,1-2H3. The minimum absolute atomic E-state index is 0.0594. The van der Waals surface area contributed by atoms with E-state index in [0.29, 0.717) is 17.0 Å². The number of aromatic nitrogens is 1. The lowest BCUT2D eigenvalue weighted by atomic mass is 9.71. The quantitative estimate of drug-likeness (QED) is 0.592. The summed E-state index contributed by atoms with van der Waals surface area (Å²) < 4.78 is 5.78. The van der Waals surface area contributed by atoms with Crippen LogP contribution in [0, 0.1) is 12.3 Å². The molecule has 0 radical (unpaired) electrons. The van der Waals surface area contributed by atoms with Crippen molar-refractivity contribution in [3.05, 3.63) is 53.8 Å². The van der Waals surface area contributed by atoms with Gasteiger partial charge in [0.1, 0.15) is 11.5 Å².